The minimum absolute atomic E-state index is 0.247. The highest BCUT2D eigenvalue weighted by Crippen LogP contribution is 2.17. The first kappa shape index (κ1) is 31.6. The van der Waals surface area contributed by atoms with Crippen molar-refractivity contribution in [1.82, 2.24) is 16.0 Å². The lowest BCUT2D eigenvalue weighted by molar-refractivity contribution is -0.127. The monoisotopic (exact) mass is 563 g/mol. The van der Waals surface area contributed by atoms with E-state index in [9.17, 15) is 19.8 Å². The molecular weight excluding hydrogens is 522 g/mol. The topological polar surface area (TPSA) is 129 Å². The van der Waals surface area contributed by atoms with E-state index in [0.717, 1.165) is 16.7 Å². The first-order valence-electron chi connectivity index (χ1n) is 13.6. The number of benzene rings is 3. The van der Waals surface area contributed by atoms with Crippen molar-refractivity contribution >= 4 is 12.0 Å². The maximum atomic E-state index is 13.7. The Balaban J connectivity index is 1.89. The molecule has 0 radical (unpaired) electrons. The summed E-state index contributed by atoms with van der Waals surface area (Å²) in [5.74, 6) is 0.166. The molecule has 0 saturated carbocycles. The average Bonchev–Trinajstić information content (AvgIpc) is 2.96. The highest BCUT2D eigenvalue weighted by molar-refractivity contribution is 5.83. The molecule has 4 atom stereocenters. The largest absolute Gasteiger partial charge is 0.497 e. The normalized spacial score (nSPS) is 14.3. The molecule has 0 fully saturated rings. The predicted octanol–water partition coefficient (Wildman–Crippen LogP) is 3.50. The summed E-state index contributed by atoms with van der Waals surface area (Å²) in [6.07, 6.45) is -1.82. The number of carbonyl (C=O) groups is 2. The standard InChI is InChI=1S/C32H41N3O6/c1-32(2,3)41-31(39)35-26(19-22-11-7-5-8-12-22)29(37)28(33-20-23-15-17-25(40-4)18-16-23)30(38)34-27(21-36)24-13-9-6-10-14-24/h5-18,26-29,33,36-37H,19-21H2,1-4H3,(H,34,38)(H,35,39)/t26-,27?,28+,29+/m0/s1. The number of hydrogen-bond acceptors (Lipinski definition) is 7. The van der Waals surface area contributed by atoms with E-state index in [1.165, 1.54) is 0 Å². The molecule has 1 unspecified atom stereocenters. The van der Waals surface area contributed by atoms with Crippen molar-refractivity contribution in [1.29, 1.82) is 0 Å². The van der Waals surface area contributed by atoms with Crippen LogP contribution in [0.25, 0.3) is 0 Å². The molecule has 0 heterocycles. The van der Waals surface area contributed by atoms with Crippen molar-refractivity contribution in [3.63, 3.8) is 0 Å². The number of alkyl carbamates (subject to hydrolysis) is 1. The molecule has 0 aliphatic heterocycles. The second-order valence-corrected chi connectivity index (χ2v) is 10.8. The van der Waals surface area contributed by atoms with Gasteiger partial charge in [-0.25, -0.2) is 4.79 Å². The summed E-state index contributed by atoms with van der Waals surface area (Å²) in [4.78, 5) is 26.5. The van der Waals surface area contributed by atoms with Gasteiger partial charge in [-0.1, -0.05) is 72.8 Å². The first-order valence-corrected chi connectivity index (χ1v) is 13.6. The van der Waals surface area contributed by atoms with Crippen LogP contribution in [0.3, 0.4) is 0 Å². The number of carbonyl (C=O) groups excluding carboxylic acids is 2. The molecule has 3 aromatic rings. The molecule has 0 spiro atoms. The summed E-state index contributed by atoms with van der Waals surface area (Å²) < 4.78 is 10.7. The van der Waals surface area contributed by atoms with Gasteiger partial charge in [0.1, 0.15) is 17.4 Å². The third-order valence-electron chi connectivity index (χ3n) is 6.42. The van der Waals surface area contributed by atoms with Crippen LogP contribution in [0.1, 0.15) is 43.5 Å². The van der Waals surface area contributed by atoms with Crippen LogP contribution in [0.5, 0.6) is 5.75 Å². The zero-order valence-electron chi connectivity index (χ0n) is 24.0. The Morgan fingerprint density at radius 1 is 0.854 bits per heavy atom. The fourth-order valence-corrected chi connectivity index (χ4v) is 4.34. The summed E-state index contributed by atoms with van der Waals surface area (Å²) in [7, 11) is 1.58. The fourth-order valence-electron chi connectivity index (χ4n) is 4.34. The molecule has 220 valence electrons. The second kappa shape index (κ2) is 15.2. The number of aliphatic hydroxyl groups excluding tert-OH is 2. The fraction of sp³-hybridized carbons (Fsp3) is 0.375. The predicted molar refractivity (Wildman–Crippen MR) is 157 cm³/mol. The van der Waals surface area contributed by atoms with E-state index in [4.69, 9.17) is 9.47 Å². The van der Waals surface area contributed by atoms with Crippen LogP contribution in [0, 0.1) is 0 Å². The molecule has 2 amide bonds. The highest BCUT2D eigenvalue weighted by Gasteiger charge is 2.35. The average molecular weight is 564 g/mol. The smallest absolute Gasteiger partial charge is 0.407 e. The van der Waals surface area contributed by atoms with Crippen molar-refractivity contribution in [3.05, 3.63) is 102 Å². The van der Waals surface area contributed by atoms with Crippen molar-refractivity contribution in [2.45, 2.75) is 63.6 Å². The maximum absolute atomic E-state index is 13.7. The molecule has 0 aliphatic carbocycles. The molecule has 41 heavy (non-hydrogen) atoms. The van der Waals surface area contributed by atoms with E-state index >= 15 is 0 Å². The van der Waals surface area contributed by atoms with Crippen LogP contribution in [0.4, 0.5) is 4.79 Å². The summed E-state index contributed by atoms with van der Waals surface area (Å²) in [6.45, 7) is 5.17. The van der Waals surface area contributed by atoms with Gasteiger partial charge in [-0.15, -0.1) is 0 Å². The quantitative estimate of drug-likeness (QED) is 0.215. The van der Waals surface area contributed by atoms with E-state index in [1.54, 1.807) is 40.0 Å². The molecule has 0 aliphatic rings. The molecule has 5 N–H and O–H groups in total. The van der Waals surface area contributed by atoms with Gasteiger partial charge in [-0.2, -0.15) is 0 Å². The van der Waals surface area contributed by atoms with Crippen LogP contribution in [0.2, 0.25) is 0 Å². The lowest BCUT2D eigenvalue weighted by Crippen LogP contribution is -2.59. The van der Waals surface area contributed by atoms with Crippen molar-refractivity contribution < 1.29 is 29.3 Å². The molecule has 0 saturated heterocycles. The molecule has 0 aromatic heterocycles. The Morgan fingerprint density at radius 2 is 1.46 bits per heavy atom. The van der Waals surface area contributed by atoms with E-state index in [-0.39, 0.29) is 19.6 Å². The van der Waals surface area contributed by atoms with E-state index in [1.807, 2.05) is 72.8 Å². The van der Waals surface area contributed by atoms with Gasteiger partial charge in [-0.05, 0) is 56.0 Å². The highest BCUT2D eigenvalue weighted by atomic mass is 16.6. The van der Waals surface area contributed by atoms with Gasteiger partial charge in [0, 0.05) is 6.54 Å². The second-order valence-electron chi connectivity index (χ2n) is 10.8. The number of methoxy groups -OCH3 is 1. The van der Waals surface area contributed by atoms with Crippen molar-refractivity contribution in [2.24, 2.45) is 0 Å². The van der Waals surface area contributed by atoms with Crippen LogP contribution in [0.15, 0.2) is 84.9 Å². The number of amides is 2. The summed E-state index contributed by atoms with van der Waals surface area (Å²) >= 11 is 0. The number of rotatable bonds is 13. The molecule has 3 aromatic carbocycles. The number of nitrogens with one attached hydrogen (secondary N) is 3. The SMILES string of the molecule is COc1ccc(CN[C@@H](C(=O)NC(CO)c2ccccc2)[C@H](O)[C@H](Cc2ccccc2)NC(=O)OC(C)(C)C)cc1. The lowest BCUT2D eigenvalue weighted by atomic mass is 9.95. The summed E-state index contributed by atoms with van der Waals surface area (Å²) in [5, 5.41) is 30.5. The van der Waals surface area contributed by atoms with Crippen LogP contribution >= 0.6 is 0 Å². The van der Waals surface area contributed by atoms with Crippen molar-refractivity contribution in [2.75, 3.05) is 13.7 Å². The van der Waals surface area contributed by atoms with Gasteiger partial charge in [0.2, 0.25) is 5.91 Å². The molecular formula is C32H41N3O6. The van der Waals surface area contributed by atoms with Crippen LogP contribution in [-0.4, -0.2) is 59.7 Å². The number of hydrogen-bond donors (Lipinski definition) is 5. The lowest BCUT2D eigenvalue weighted by Gasteiger charge is -2.32. The minimum Gasteiger partial charge on any atom is -0.497 e. The third-order valence-corrected chi connectivity index (χ3v) is 6.42. The van der Waals surface area contributed by atoms with Crippen LogP contribution in [-0.2, 0) is 22.5 Å². The van der Waals surface area contributed by atoms with Crippen LogP contribution < -0.4 is 20.7 Å². The Morgan fingerprint density at radius 3 is 2.02 bits per heavy atom. The van der Waals surface area contributed by atoms with E-state index in [0.29, 0.717) is 5.75 Å². The minimum atomic E-state index is -1.36. The maximum Gasteiger partial charge on any atom is 0.407 e. The van der Waals surface area contributed by atoms with Gasteiger partial charge in [0.25, 0.3) is 0 Å². The van der Waals surface area contributed by atoms with Gasteiger partial charge >= 0.3 is 6.09 Å². The van der Waals surface area contributed by atoms with Gasteiger partial charge < -0.3 is 30.3 Å². The summed E-state index contributed by atoms with van der Waals surface area (Å²) in [5.41, 5.74) is 1.69. The Hall–Kier alpha value is -3.92. The number of aliphatic hydroxyl groups is 2. The summed E-state index contributed by atoms with van der Waals surface area (Å²) in [6, 6.07) is 23.1. The zero-order valence-corrected chi connectivity index (χ0v) is 24.0. The third kappa shape index (κ3) is 10.2. The molecule has 9 nitrogen and oxygen atoms in total. The van der Waals surface area contributed by atoms with Gasteiger partial charge in [-0.3, -0.25) is 10.1 Å². The van der Waals surface area contributed by atoms with E-state index < -0.39 is 41.8 Å². The van der Waals surface area contributed by atoms with E-state index in [2.05, 4.69) is 16.0 Å². The Bertz CT molecular complexity index is 1220. The first-order chi connectivity index (χ1) is 19.6. The van der Waals surface area contributed by atoms with Crippen molar-refractivity contribution in [3.8, 4) is 5.75 Å². The Labute approximate surface area is 241 Å². The Kier molecular flexibility index (Phi) is 11.7. The number of ether oxygens (including phenoxy) is 2. The zero-order chi connectivity index (χ0) is 29.8. The molecule has 3 rings (SSSR count). The molecule has 0 bridgehead atoms. The van der Waals surface area contributed by atoms with Gasteiger partial charge in [0.05, 0.1) is 31.9 Å². The molecule has 9 heteroatoms. The van der Waals surface area contributed by atoms with Gasteiger partial charge in [0.15, 0.2) is 0 Å².